The zero-order valence-electron chi connectivity index (χ0n) is 17.3. The van der Waals surface area contributed by atoms with Crippen LogP contribution in [0.4, 0.5) is 0 Å². The molecule has 1 fully saturated rings. The second kappa shape index (κ2) is 10.7. The van der Waals surface area contributed by atoms with Gasteiger partial charge in [-0.05, 0) is 11.1 Å². The number of nitrogens with one attached hydrogen (secondary N) is 2. The number of nitrogens with zero attached hydrogens (tertiary/aromatic N) is 2. The summed E-state index contributed by atoms with van der Waals surface area (Å²) in [4.78, 5) is 41.7. The van der Waals surface area contributed by atoms with Crippen molar-refractivity contribution in [2.75, 3.05) is 17.4 Å². The number of benzene rings is 1. The molecule has 0 saturated carbocycles. The quantitative estimate of drug-likeness (QED) is 0.0586. The van der Waals surface area contributed by atoms with E-state index in [0.717, 1.165) is 16.7 Å². The molecule has 1 saturated heterocycles. The monoisotopic (exact) mass is 531 g/mol. The molecule has 1 aromatic carbocycles. The number of nitrogens with two attached hydrogens (primary N) is 1. The number of rotatable bonds is 8. The molecule has 0 aliphatic carbocycles. The number of carboxylic acids is 1. The Balaban J connectivity index is 1.70. The lowest BCUT2D eigenvalue weighted by Gasteiger charge is -2.49. The van der Waals surface area contributed by atoms with Gasteiger partial charge in [-0.15, -0.1) is 11.8 Å². The number of hydrogen-bond acceptors (Lipinski definition) is 10. The molecule has 1 aromatic rings. The van der Waals surface area contributed by atoms with Gasteiger partial charge in [0, 0.05) is 11.5 Å². The van der Waals surface area contributed by atoms with Crippen molar-refractivity contribution in [3.8, 4) is 0 Å². The van der Waals surface area contributed by atoms with Crippen LogP contribution in [0.1, 0.15) is 11.7 Å². The van der Waals surface area contributed by atoms with Crippen LogP contribution in [0.2, 0.25) is 0 Å². The lowest BCUT2D eigenvalue weighted by Crippen LogP contribution is -2.70. The summed E-state index contributed by atoms with van der Waals surface area (Å²) in [6.45, 7) is 0. The Kier molecular flexibility index (Phi) is 8.21. The Morgan fingerprint density at radius 3 is 2.59 bits per heavy atom. The molecule has 2 aliphatic rings. The minimum atomic E-state index is -4.36. The van der Waals surface area contributed by atoms with Crippen molar-refractivity contribution in [2.24, 2.45) is 10.8 Å². The Morgan fingerprint density at radius 1 is 1.32 bits per heavy atom. The molecular formula is C18H21N5O8S3. The minimum absolute atomic E-state index is 0.0173. The van der Waals surface area contributed by atoms with Crippen LogP contribution >= 0.6 is 23.5 Å². The zero-order chi connectivity index (χ0) is 25.0. The summed E-state index contributed by atoms with van der Waals surface area (Å²) in [6.07, 6.45) is -1.48. The molecule has 184 valence electrons. The SMILES string of the molecule is NNC(=NCS(=O)(=O)O)SCC1=C(C(=O)O)N2C(=O)C(NC(=O)C(O)c3ccccc3)C2SC1. The molecule has 34 heavy (non-hydrogen) atoms. The molecule has 2 aliphatic heterocycles. The number of aliphatic hydroxyl groups excluding tert-OH is 1. The van der Waals surface area contributed by atoms with Crippen LogP contribution < -0.4 is 16.6 Å². The van der Waals surface area contributed by atoms with Gasteiger partial charge in [-0.1, -0.05) is 42.1 Å². The van der Waals surface area contributed by atoms with Crippen LogP contribution in [0.25, 0.3) is 0 Å². The Labute approximate surface area is 202 Å². The van der Waals surface area contributed by atoms with Gasteiger partial charge in [-0.3, -0.25) is 19.0 Å². The van der Waals surface area contributed by atoms with Gasteiger partial charge in [0.05, 0.1) is 0 Å². The number of β-lactam (4-membered cyclic amide) rings is 1. The van der Waals surface area contributed by atoms with Gasteiger partial charge in [0.25, 0.3) is 21.9 Å². The second-order valence-corrected chi connectivity index (χ2v) is 10.6. The van der Waals surface area contributed by atoms with Crippen LogP contribution in [0.3, 0.4) is 0 Å². The van der Waals surface area contributed by atoms with Gasteiger partial charge in [-0.25, -0.2) is 15.6 Å². The van der Waals surface area contributed by atoms with Crippen molar-refractivity contribution in [3.05, 3.63) is 47.2 Å². The Morgan fingerprint density at radius 2 is 2.00 bits per heavy atom. The number of hydrazine groups is 1. The van der Waals surface area contributed by atoms with E-state index in [0.29, 0.717) is 11.1 Å². The topological polar surface area (TPSA) is 212 Å². The minimum Gasteiger partial charge on any atom is -0.477 e. The average molecular weight is 532 g/mol. The highest BCUT2D eigenvalue weighted by molar-refractivity contribution is 8.14. The van der Waals surface area contributed by atoms with Crippen molar-refractivity contribution >= 4 is 56.6 Å². The molecule has 0 aromatic heterocycles. The van der Waals surface area contributed by atoms with E-state index in [1.165, 1.54) is 11.8 Å². The number of aliphatic carboxylic acids is 1. The number of aliphatic hydroxyl groups is 1. The predicted octanol–water partition coefficient (Wildman–Crippen LogP) is -1.14. The zero-order valence-corrected chi connectivity index (χ0v) is 19.8. The van der Waals surface area contributed by atoms with Gasteiger partial charge in [-0.2, -0.15) is 8.42 Å². The fraction of sp³-hybridized carbons (Fsp3) is 0.333. The predicted molar refractivity (Wildman–Crippen MR) is 125 cm³/mol. The summed E-state index contributed by atoms with van der Waals surface area (Å²) in [5, 5.41) is 21.7. The number of carbonyl (C=O) groups excluding carboxylic acids is 2. The van der Waals surface area contributed by atoms with Crippen LogP contribution in [-0.4, -0.2) is 79.8 Å². The fourth-order valence-corrected chi connectivity index (χ4v) is 5.88. The maximum atomic E-state index is 12.7. The number of carbonyl (C=O) groups is 3. The summed E-state index contributed by atoms with van der Waals surface area (Å²) in [5.74, 6) is 1.81. The van der Waals surface area contributed by atoms with Crippen LogP contribution in [0.15, 0.2) is 46.6 Å². The first kappa shape index (κ1) is 26.0. The fourth-order valence-electron chi connectivity index (χ4n) is 3.24. The molecule has 3 rings (SSSR count). The molecule has 0 radical (unpaired) electrons. The number of fused-ring (bicyclic) bond motifs is 1. The standard InChI is InChI=1S/C18H21N5O8S3/c19-22-18(20-8-34(29,30)31)33-7-10-6-32-16-11(15(26)23(16)12(10)17(27)28)21-14(25)13(24)9-4-2-1-3-5-9/h1-5,11,13,16,24H,6-8,19H2,(H,20,22)(H,21,25)(H,27,28)(H,29,30,31). The molecule has 7 N–H and O–H groups in total. The summed E-state index contributed by atoms with van der Waals surface area (Å²) >= 11 is 2.12. The van der Waals surface area contributed by atoms with Crippen LogP contribution in [0, 0.1) is 0 Å². The Bertz CT molecular complexity index is 1140. The highest BCUT2D eigenvalue weighted by Gasteiger charge is 2.54. The van der Waals surface area contributed by atoms with Gasteiger partial charge in [0.1, 0.15) is 17.1 Å². The van der Waals surface area contributed by atoms with Crippen molar-refractivity contribution < 1.29 is 37.6 Å². The first-order valence-electron chi connectivity index (χ1n) is 9.56. The number of amidine groups is 1. The molecule has 3 unspecified atom stereocenters. The molecular weight excluding hydrogens is 510 g/mol. The number of hydrogen-bond donors (Lipinski definition) is 6. The molecule has 16 heteroatoms. The normalized spacial score (nSPS) is 21.4. The Hall–Kier alpha value is -2.63. The average Bonchev–Trinajstić information content (AvgIpc) is 2.81. The number of amides is 2. The van der Waals surface area contributed by atoms with E-state index in [2.05, 4.69) is 15.7 Å². The van der Waals surface area contributed by atoms with E-state index in [9.17, 15) is 33.0 Å². The van der Waals surface area contributed by atoms with Crippen LogP contribution in [-0.2, 0) is 24.5 Å². The number of aliphatic imine (C=N–C) groups is 1. The summed E-state index contributed by atoms with van der Waals surface area (Å²) in [6, 6.07) is 7.16. The van der Waals surface area contributed by atoms with Gasteiger partial charge < -0.3 is 21.0 Å². The third kappa shape index (κ3) is 5.89. The first-order valence-corrected chi connectivity index (χ1v) is 13.2. The third-order valence-electron chi connectivity index (χ3n) is 4.79. The highest BCUT2D eigenvalue weighted by atomic mass is 32.2. The van der Waals surface area contributed by atoms with E-state index in [4.69, 9.17) is 10.4 Å². The van der Waals surface area contributed by atoms with E-state index in [-0.39, 0.29) is 22.4 Å². The van der Waals surface area contributed by atoms with Gasteiger partial charge in [0.15, 0.2) is 17.1 Å². The molecule has 0 bridgehead atoms. The van der Waals surface area contributed by atoms with Crippen molar-refractivity contribution in [3.63, 3.8) is 0 Å². The summed E-state index contributed by atoms with van der Waals surface area (Å²) in [5.41, 5.74) is 2.62. The lowest BCUT2D eigenvalue weighted by atomic mass is 10.0. The maximum absolute atomic E-state index is 12.7. The number of carboxylic acid groups (broad SMARTS) is 1. The second-order valence-electron chi connectivity index (χ2n) is 7.07. The highest BCUT2D eigenvalue weighted by Crippen LogP contribution is 2.41. The number of thioether (sulfide) groups is 2. The van der Waals surface area contributed by atoms with E-state index >= 15 is 0 Å². The van der Waals surface area contributed by atoms with Gasteiger partial charge in [0.2, 0.25) is 0 Å². The lowest BCUT2D eigenvalue weighted by molar-refractivity contribution is -0.151. The van der Waals surface area contributed by atoms with Gasteiger partial charge >= 0.3 is 5.97 Å². The molecule has 2 heterocycles. The maximum Gasteiger partial charge on any atom is 0.352 e. The van der Waals surface area contributed by atoms with E-state index in [1.54, 1.807) is 30.3 Å². The smallest absolute Gasteiger partial charge is 0.352 e. The van der Waals surface area contributed by atoms with Crippen molar-refractivity contribution in [1.29, 1.82) is 0 Å². The van der Waals surface area contributed by atoms with E-state index in [1.807, 2.05) is 0 Å². The molecule has 2 amide bonds. The molecule has 0 spiro atoms. The molecule has 13 nitrogen and oxygen atoms in total. The third-order valence-corrected chi connectivity index (χ3v) is 7.60. The van der Waals surface area contributed by atoms with Crippen LogP contribution in [0.5, 0.6) is 0 Å². The van der Waals surface area contributed by atoms with E-state index < -0.39 is 51.3 Å². The summed E-state index contributed by atoms with van der Waals surface area (Å²) in [7, 11) is -4.36. The summed E-state index contributed by atoms with van der Waals surface area (Å²) < 4.78 is 30.5. The first-order chi connectivity index (χ1) is 16.0. The molecule has 3 atom stereocenters. The van der Waals surface area contributed by atoms with Crippen molar-refractivity contribution in [2.45, 2.75) is 17.5 Å². The largest absolute Gasteiger partial charge is 0.477 e. The van der Waals surface area contributed by atoms with Crippen molar-refractivity contribution in [1.82, 2.24) is 15.6 Å².